The van der Waals surface area contributed by atoms with Gasteiger partial charge in [0.15, 0.2) is 0 Å². The number of carbonyl (C=O) groups excluding carboxylic acids is 2. The van der Waals surface area contributed by atoms with Crippen LogP contribution in [0.15, 0.2) is 12.1 Å². The molecule has 0 aliphatic carbocycles. The van der Waals surface area contributed by atoms with Gasteiger partial charge in [-0.2, -0.15) is 0 Å². The highest BCUT2D eigenvalue weighted by Gasteiger charge is 2.16. The molecule has 0 saturated carbocycles. The van der Waals surface area contributed by atoms with E-state index in [-0.39, 0.29) is 16.7 Å². The SMILES string of the molecule is O=C(O)c1ccc(C(=O)NCCCN2CCCCCC2=O)s1. The van der Waals surface area contributed by atoms with Crippen LogP contribution < -0.4 is 5.32 Å². The van der Waals surface area contributed by atoms with Gasteiger partial charge in [-0.15, -0.1) is 11.3 Å². The van der Waals surface area contributed by atoms with E-state index in [9.17, 15) is 14.4 Å². The maximum absolute atomic E-state index is 11.9. The highest BCUT2D eigenvalue weighted by atomic mass is 32.1. The quantitative estimate of drug-likeness (QED) is 0.783. The molecule has 2 amide bonds. The Labute approximate surface area is 133 Å². The minimum absolute atomic E-state index is 0.153. The van der Waals surface area contributed by atoms with Crippen molar-refractivity contribution in [2.45, 2.75) is 32.1 Å². The van der Waals surface area contributed by atoms with Gasteiger partial charge in [0.2, 0.25) is 5.91 Å². The first kappa shape index (κ1) is 16.5. The van der Waals surface area contributed by atoms with Crippen LogP contribution >= 0.6 is 11.3 Å². The zero-order valence-corrected chi connectivity index (χ0v) is 13.2. The maximum Gasteiger partial charge on any atom is 0.345 e. The zero-order chi connectivity index (χ0) is 15.9. The summed E-state index contributed by atoms with van der Waals surface area (Å²) in [4.78, 5) is 36.9. The number of hydrogen-bond donors (Lipinski definition) is 2. The van der Waals surface area contributed by atoms with Crippen LogP contribution in [-0.2, 0) is 4.79 Å². The first-order valence-corrected chi connectivity index (χ1v) is 8.28. The van der Waals surface area contributed by atoms with Gasteiger partial charge in [0.05, 0.1) is 4.88 Å². The largest absolute Gasteiger partial charge is 0.477 e. The van der Waals surface area contributed by atoms with Gasteiger partial charge in [0.1, 0.15) is 4.88 Å². The fourth-order valence-electron chi connectivity index (χ4n) is 2.41. The number of carboxylic acid groups (broad SMARTS) is 1. The van der Waals surface area contributed by atoms with Gasteiger partial charge in [0.25, 0.3) is 5.91 Å². The van der Waals surface area contributed by atoms with Gasteiger partial charge >= 0.3 is 5.97 Å². The number of nitrogens with zero attached hydrogens (tertiary/aromatic N) is 1. The molecule has 1 aliphatic rings. The number of rotatable bonds is 6. The fourth-order valence-corrected chi connectivity index (χ4v) is 3.17. The molecule has 1 saturated heterocycles. The summed E-state index contributed by atoms with van der Waals surface area (Å²) >= 11 is 0.962. The summed E-state index contributed by atoms with van der Waals surface area (Å²) in [6, 6.07) is 2.94. The van der Waals surface area contributed by atoms with Gasteiger partial charge in [-0.3, -0.25) is 9.59 Å². The summed E-state index contributed by atoms with van der Waals surface area (Å²) in [6.07, 6.45) is 4.44. The van der Waals surface area contributed by atoms with Crippen LogP contribution in [0.2, 0.25) is 0 Å². The Morgan fingerprint density at radius 2 is 2.00 bits per heavy atom. The maximum atomic E-state index is 11.9. The molecule has 7 heteroatoms. The molecule has 120 valence electrons. The molecule has 0 radical (unpaired) electrons. The van der Waals surface area contributed by atoms with Gasteiger partial charge in [-0.1, -0.05) is 6.42 Å². The molecule has 1 fully saturated rings. The minimum atomic E-state index is -1.02. The van der Waals surface area contributed by atoms with Crippen molar-refractivity contribution in [3.63, 3.8) is 0 Å². The molecule has 1 aliphatic heterocycles. The summed E-state index contributed by atoms with van der Waals surface area (Å²) < 4.78 is 0. The standard InChI is InChI=1S/C15H20N2O4S/c18-13-5-2-1-3-9-17(13)10-4-8-16-14(19)11-6-7-12(22-11)15(20)21/h6-7H,1-5,8-10H2,(H,16,19)(H,20,21). The third-order valence-corrected chi connectivity index (χ3v) is 4.67. The topological polar surface area (TPSA) is 86.7 Å². The number of thiophene rings is 1. The van der Waals surface area contributed by atoms with E-state index in [2.05, 4.69) is 5.32 Å². The molecule has 0 spiro atoms. The molecule has 22 heavy (non-hydrogen) atoms. The number of carboxylic acids is 1. The van der Waals surface area contributed by atoms with E-state index in [0.717, 1.165) is 37.1 Å². The molecular formula is C15H20N2O4S. The Hall–Kier alpha value is -1.89. The van der Waals surface area contributed by atoms with Gasteiger partial charge in [-0.05, 0) is 31.4 Å². The van der Waals surface area contributed by atoms with Crippen LogP contribution in [0.1, 0.15) is 51.4 Å². The van der Waals surface area contributed by atoms with E-state index in [0.29, 0.717) is 30.8 Å². The molecule has 2 N–H and O–H groups in total. The predicted molar refractivity (Wildman–Crippen MR) is 83.3 cm³/mol. The van der Waals surface area contributed by atoms with Crippen LogP contribution in [0, 0.1) is 0 Å². The minimum Gasteiger partial charge on any atom is -0.477 e. The smallest absolute Gasteiger partial charge is 0.345 e. The molecule has 1 aromatic rings. The molecule has 0 atom stereocenters. The first-order valence-electron chi connectivity index (χ1n) is 7.47. The van der Waals surface area contributed by atoms with Crippen molar-refractivity contribution in [2.75, 3.05) is 19.6 Å². The van der Waals surface area contributed by atoms with Crippen molar-refractivity contribution in [2.24, 2.45) is 0 Å². The average molecular weight is 324 g/mol. The zero-order valence-electron chi connectivity index (χ0n) is 12.3. The summed E-state index contributed by atoms with van der Waals surface area (Å²) in [5.41, 5.74) is 0. The van der Waals surface area contributed by atoms with Crippen molar-refractivity contribution in [3.05, 3.63) is 21.9 Å². The second kappa shape index (κ2) is 7.93. The van der Waals surface area contributed by atoms with E-state index in [1.807, 2.05) is 4.90 Å². The fraction of sp³-hybridized carbons (Fsp3) is 0.533. The second-order valence-electron chi connectivity index (χ2n) is 5.27. The third-order valence-electron chi connectivity index (χ3n) is 3.60. The number of likely N-dealkylation sites (tertiary alicyclic amines) is 1. The van der Waals surface area contributed by atoms with Crippen molar-refractivity contribution in [1.82, 2.24) is 10.2 Å². The third kappa shape index (κ3) is 4.56. The lowest BCUT2D eigenvalue weighted by molar-refractivity contribution is -0.130. The lowest BCUT2D eigenvalue weighted by atomic mass is 10.2. The van der Waals surface area contributed by atoms with E-state index < -0.39 is 5.97 Å². The Morgan fingerprint density at radius 1 is 1.23 bits per heavy atom. The lowest BCUT2D eigenvalue weighted by Gasteiger charge is -2.20. The molecule has 6 nitrogen and oxygen atoms in total. The number of carbonyl (C=O) groups is 3. The Balaban J connectivity index is 1.72. The summed E-state index contributed by atoms with van der Waals surface area (Å²) in [6.45, 7) is 1.94. The van der Waals surface area contributed by atoms with Crippen molar-refractivity contribution in [1.29, 1.82) is 0 Å². The van der Waals surface area contributed by atoms with E-state index in [4.69, 9.17) is 5.11 Å². The van der Waals surface area contributed by atoms with E-state index in [1.54, 1.807) is 0 Å². The average Bonchev–Trinajstić information content (AvgIpc) is 2.90. The van der Waals surface area contributed by atoms with Crippen LogP contribution in [0.25, 0.3) is 0 Å². The highest BCUT2D eigenvalue weighted by molar-refractivity contribution is 7.15. The monoisotopic (exact) mass is 324 g/mol. The summed E-state index contributed by atoms with van der Waals surface area (Å²) in [7, 11) is 0. The molecular weight excluding hydrogens is 304 g/mol. The molecule has 0 aromatic carbocycles. The molecule has 2 rings (SSSR count). The first-order chi connectivity index (χ1) is 10.6. The molecule has 0 bridgehead atoms. The number of amides is 2. The van der Waals surface area contributed by atoms with Crippen LogP contribution in [0.5, 0.6) is 0 Å². The summed E-state index contributed by atoms with van der Waals surface area (Å²) in [5, 5.41) is 11.6. The van der Waals surface area contributed by atoms with Crippen LogP contribution in [-0.4, -0.2) is 47.4 Å². The number of aromatic carboxylic acids is 1. The van der Waals surface area contributed by atoms with Gasteiger partial charge < -0.3 is 15.3 Å². The van der Waals surface area contributed by atoms with Crippen molar-refractivity contribution >= 4 is 29.1 Å². The number of nitrogens with one attached hydrogen (secondary N) is 1. The normalized spacial score (nSPS) is 15.5. The molecule has 1 aromatic heterocycles. The highest BCUT2D eigenvalue weighted by Crippen LogP contribution is 2.16. The Kier molecular flexibility index (Phi) is 5.94. The second-order valence-corrected chi connectivity index (χ2v) is 6.35. The van der Waals surface area contributed by atoms with Crippen molar-refractivity contribution < 1.29 is 19.5 Å². The van der Waals surface area contributed by atoms with Crippen LogP contribution in [0.3, 0.4) is 0 Å². The van der Waals surface area contributed by atoms with Gasteiger partial charge in [-0.25, -0.2) is 4.79 Å². The van der Waals surface area contributed by atoms with Gasteiger partial charge in [0, 0.05) is 26.1 Å². The van der Waals surface area contributed by atoms with Crippen LogP contribution in [0.4, 0.5) is 0 Å². The van der Waals surface area contributed by atoms with Crippen molar-refractivity contribution in [3.8, 4) is 0 Å². The molecule has 0 unspecified atom stereocenters. The predicted octanol–water partition coefficient (Wildman–Crippen LogP) is 1.97. The van der Waals surface area contributed by atoms with E-state index >= 15 is 0 Å². The van der Waals surface area contributed by atoms with E-state index in [1.165, 1.54) is 12.1 Å². The summed E-state index contributed by atoms with van der Waals surface area (Å²) in [5.74, 6) is -1.09. The lowest BCUT2D eigenvalue weighted by Crippen LogP contribution is -2.33. The number of hydrogen-bond acceptors (Lipinski definition) is 4. The Morgan fingerprint density at radius 3 is 2.73 bits per heavy atom. The Bertz CT molecular complexity index is 555. The molecule has 2 heterocycles.